The van der Waals surface area contributed by atoms with Gasteiger partial charge in [-0.1, -0.05) is 0 Å². The fraction of sp³-hybridized carbons (Fsp3) is 0.125. The predicted octanol–water partition coefficient (Wildman–Crippen LogP) is -1.03. The van der Waals surface area contributed by atoms with Gasteiger partial charge in [-0.25, -0.2) is 0 Å². The zero-order chi connectivity index (χ0) is 8.27. The number of hydrogen-bond acceptors (Lipinski definition) is 1. The van der Waals surface area contributed by atoms with Crippen LogP contribution in [-0.4, -0.2) is 22.8 Å². The molecule has 2 nitrogen and oxygen atoms in total. The topological polar surface area (TPSA) is 43.1 Å². The van der Waals surface area contributed by atoms with Gasteiger partial charge < -0.3 is 0 Å². The summed E-state index contributed by atoms with van der Waals surface area (Å²) in [7, 11) is 0. The van der Waals surface area contributed by atoms with E-state index in [0.29, 0.717) is 6.42 Å². The summed E-state index contributed by atoms with van der Waals surface area (Å²) in [5.41, 5.74) is 6.10. The van der Waals surface area contributed by atoms with Crippen LogP contribution in [0.4, 0.5) is 0 Å². The molecule has 0 aromatic heterocycles. The van der Waals surface area contributed by atoms with Gasteiger partial charge in [-0.05, 0) is 0 Å². The van der Waals surface area contributed by atoms with E-state index in [-0.39, 0.29) is 5.91 Å². The summed E-state index contributed by atoms with van der Waals surface area (Å²) in [6, 6.07) is 7.81. The molecule has 0 saturated heterocycles. The molecular formula is C8H10AsNO. The third kappa shape index (κ3) is 2.39. The van der Waals surface area contributed by atoms with Crippen molar-refractivity contribution in [3.8, 4) is 0 Å². The van der Waals surface area contributed by atoms with Gasteiger partial charge in [0.2, 0.25) is 0 Å². The fourth-order valence-electron chi connectivity index (χ4n) is 0.883. The molecule has 0 spiro atoms. The van der Waals surface area contributed by atoms with Crippen molar-refractivity contribution in [3.05, 3.63) is 29.8 Å². The Morgan fingerprint density at radius 1 is 1.45 bits per heavy atom. The molecule has 1 rings (SSSR count). The summed E-state index contributed by atoms with van der Waals surface area (Å²) >= 11 is 1.52. The standard InChI is InChI=1S/C8H10AsNO/c9-7-4-2-1-3-6(7)5-8(10)11/h1-4H,5,9H2,(H2,10,11). The third-order valence-electron chi connectivity index (χ3n) is 1.42. The maximum atomic E-state index is 10.6. The van der Waals surface area contributed by atoms with Crippen LogP contribution in [0, 0.1) is 0 Å². The van der Waals surface area contributed by atoms with E-state index in [1.807, 2.05) is 24.3 Å². The Morgan fingerprint density at radius 2 is 2.09 bits per heavy atom. The van der Waals surface area contributed by atoms with E-state index in [4.69, 9.17) is 5.73 Å². The summed E-state index contributed by atoms with van der Waals surface area (Å²) in [5, 5.41) is 0. The molecule has 1 atom stereocenters. The van der Waals surface area contributed by atoms with E-state index in [9.17, 15) is 4.79 Å². The molecule has 58 valence electrons. The Morgan fingerprint density at radius 3 is 2.64 bits per heavy atom. The van der Waals surface area contributed by atoms with Gasteiger partial charge in [-0.2, -0.15) is 0 Å². The zero-order valence-electron chi connectivity index (χ0n) is 6.08. The molecule has 3 heteroatoms. The second-order valence-corrected chi connectivity index (χ2v) is 3.65. The van der Waals surface area contributed by atoms with Gasteiger partial charge in [0.25, 0.3) is 0 Å². The van der Waals surface area contributed by atoms with E-state index < -0.39 is 0 Å². The first-order chi connectivity index (χ1) is 5.20. The number of rotatable bonds is 2. The molecule has 0 radical (unpaired) electrons. The van der Waals surface area contributed by atoms with Crippen LogP contribution in [-0.2, 0) is 11.2 Å². The minimum atomic E-state index is -0.268. The van der Waals surface area contributed by atoms with Gasteiger partial charge in [0, 0.05) is 0 Å². The van der Waals surface area contributed by atoms with E-state index in [0.717, 1.165) is 5.56 Å². The van der Waals surface area contributed by atoms with Crippen LogP contribution in [0.2, 0.25) is 0 Å². The van der Waals surface area contributed by atoms with Crippen LogP contribution >= 0.6 is 0 Å². The van der Waals surface area contributed by atoms with Crippen LogP contribution in [0.15, 0.2) is 24.3 Å². The number of hydrogen-bond donors (Lipinski definition) is 1. The Hall–Kier alpha value is -0.752. The Bertz CT molecular complexity index is 273. The molecule has 1 aromatic rings. The van der Waals surface area contributed by atoms with E-state index in [2.05, 4.69) is 0 Å². The summed E-state index contributed by atoms with van der Waals surface area (Å²) < 4.78 is 1.18. The van der Waals surface area contributed by atoms with Gasteiger partial charge in [-0.3, -0.25) is 0 Å². The molecule has 1 unspecified atom stereocenters. The second kappa shape index (κ2) is 3.58. The van der Waals surface area contributed by atoms with Crippen molar-refractivity contribution in [2.75, 3.05) is 0 Å². The van der Waals surface area contributed by atoms with Crippen molar-refractivity contribution in [1.29, 1.82) is 0 Å². The third-order valence-corrected chi connectivity index (χ3v) is 2.60. The summed E-state index contributed by atoms with van der Waals surface area (Å²) in [6.07, 6.45) is 0.356. The van der Waals surface area contributed by atoms with Gasteiger partial charge in [-0.15, -0.1) is 0 Å². The number of benzene rings is 1. The number of carbonyl (C=O) groups is 1. The Balaban J connectivity index is 2.86. The summed E-state index contributed by atoms with van der Waals surface area (Å²) in [4.78, 5) is 10.6. The number of nitrogens with two attached hydrogens (primary N) is 1. The molecule has 0 heterocycles. The first-order valence-electron chi connectivity index (χ1n) is 3.32. The maximum absolute atomic E-state index is 10.6. The molecule has 0 fully saturated rings. The van der Waals surface area contributed by atoms with E-state index >= 15 is 0 Å². The molecule has 0 saturated carbocycles. The molecule has 0 aliphatic carbocycles. The van der Waals surface area contributed by atoms with E-state index in [1.165, 1.54) is 21.2 Å². The first kappa shape index (κ1) is 8.35. The quantitative estimate of drug-likeness (QED) is 0.625. The molecule has 11 heavy (non-hydrogen) atoms. The molecule has 1 amide bonds. The van der Waals surface area contributed by atoms with E-state index in [1.54, 1.807) is 0 Å². The minimum absolute atomic E-state index is 0.268. The molecule has 2 N–H and O–H groups in total. The van der Waals surface area contributed by atoms with Crippen LogP contribution < -0.4 is 10.1 Å². The van der Waals surface area contributed by atoms with Crippen molar-refractivity contribution in [3.63, 3.8) is 0 Å². The summed E-state index contributed by atoms with van der Waals surface area (Å²) in [5.74, 6) is -0.268. The van der Waals surface area contributed by atoms with Crippen molar-refractivity contribution in [2.45, 2.75) is 6.42 Å². The molecular weight excluding hydrogens is 201 g/mol. The predicted molar refractivity (Wildman–Crippen MR) is 47.5 cm³/mol. The Labute approximate surface area is 74.3 Å². The number of amides is 1. The SMILES string of the molecule is NC(=O)Cc1ccccc1[AsH2]. The van der Waals surface area contributed by atoms with Gasteiger partial charge in [0.05, 0.1) is 0 Å². The van der Waals surface area contributed by atoms with Gasteiger partial charge in [0.1, 0.15) is 0 Å². The first-order valence-corrected chi connectivity index (χ1v) is 4.53. The summed E-state index contributed by atoms with van der Waals surface area (Å²) in [6.45, 7) is 0. The van der Waals surface area contributed by atoms with Crippen LogP contribution in [0.25, 0.3) is 0 Å². The average Bonchev–Trinajstić information content (AvgIpc) is 1.93. The molecule has 1 aromatic carbocycles. The van der Waals surface area contributed by atoms with Crippen molar-refractivity contribution < 1.29 is 4.79 Å². The van der Waals surface area contributed by atoms with Crippen molar-refractivity contribution in [2.24, 2.45) is 5.73 Å². The molecule has 0 bridgehead atoms. The average molecular weight is 211 g/mol. The monoisotopic (exact) mass is 211 g/mol. The molecule has 0 aliphatic rings. The fourth-order valence-corrected chi connectivity index (χ4v) is 1.53. The number of primary amides is 1. The van der Waals surface area contributed by atoms with Crippen LogP contribution in [0.5, 0.6) is 0 Å². The zero-order valence-corrected chi connectivity index (χ0v) is 8.50. The van der Waals surface area contributed by atoms with Gasteiger partial charge in [0.15, 0.2) is 0 Å². The number of carbonyl (C=O) groups excluding carboxylic acids is 1. The van der Waals surface area contributed by atoms with Crippen LogP contribution in [0.1, 0.15) is 5.56 Å². The van der Waals surface area contributed by atoms with Gasteiger partial charge >= 0.3 is 73.9 Å². The second-order valence-electron chi connectivity index (χ2n) is 2.34. The normalized spacial score (nSPS) is 9.55. The van der Waals surface area contributed by atoms with Crippen molar-refractivity contribution >= 4 is 27.1 Å². The Kier molecular flexibility index (Phi) is 2.72. The molecule has 0 aliphatic heterocycles. The van der Waals surface area contributed by atoms with Crippen LogP contribution in [0.3, 0.4) is 0 Å². The van der Waals surface area contributed by atoms with Crippen molar-refractivity contribution in [1.82, 2.24) is 0 Å².